The average molecular weight is 376 g/mol. The molecule has 6 nitrogen and oxygen atoms in total. The maximum Gasteiger partial charge on any atom is 0.331 e. The molecule has 0 radical (unpaired) electrons. The predicted octanol–water partition coefficient (Wildman–Crippen LogP) is 3.94. The van der Waals surface area contributed by atoms with Crippen LogP contribution in [0.3, 0.4) is 0 Å². The Balaban J connectivity index is 1.68. The van der Waals surface area contributed by atoms with E-state index in [9.17, 15) is 4.79 Å². The molecule has 3 rings (SSSR count). The molecule has 3 aromatic heterocycles. The molecule has 0 fully saturated rings. The molecular formula is C16H14BrN3O3. The number of nitrogens with one attached hydrogen (secondary N) is 1. The highest BCUT2D eigenvalue weighted by Gasteiger charge is 2.15. The van der Waals surface area contributed by atoms with Crippen LogP contribution in [-0.4, -0.2) is 20.9 Å². The fourth-order valence-corrected chi connectivity index (χ4v) is 2.38. The fourth-order valence-electron chi connectivity index (χ4n) is 2.05. The Morgan fingerprint density at radius 1 is 1.48 bits per heavy atom. The van der Waals surface area contributed by atoms with Crippen molar-refractivity contribution in [2.24, 2.45) is 0 Å². The molecule has 118 valence electrons. The number of nitrogens with zero attached hydrogens (tertiary/aromatic N) is 2. The highest BCUT2D eigenvalue weighted by molar-refractivity contribution is 9.10. The van der Waals surface area contributed by atoms with Crippen LogP contribution in [0, 0.1) is 6.92 Å². The molecule has 0 aliphatic carbocycles. The van der Waals surface area contributed by atoms with E-state index in [1.54, 1.807) is 25.3 Å². The van der Waals surface area contributed by atoms with Gasteiger partial charge < -0.3 is 14.1 Å². The number of carbonyl (C=O) groups is 1. The summed E-state index contributed by atoms with van der Waals surface area (Å²) in [6, 6.07) is 5.48. The maximum absolute atomic E-state index is 11.9. The second-order valence-electron chi connectivity index (χ2n) is 5.01. The van der Waals surface area contributed by atoms with Crippen LogP contribution in [0.25, 0.3) is 17.2 Å². The zero-order valence-corrected chi connectivity index (χ0v) is 14.1. The topological polar surface area (TPSA) is 81.0 Å². The molecule has 7 heteroatoms. The Kier molecular flexibility index (Phi) is 4.29. The van der Waals surface area contributed by atoms with Gasteiger partial charge in [0, 0.05) is 16.7 Å². The van der Waals surface area contributed by atoms with Gasteiger partial charge in [0.05, 0.1) is 5.52 Å². The van der Waals surface area contributed by atoms with Crippen molar-refractivity contribution < 1.29 is 13.9 Å². The van der Waals surface area contributed by atoms with Crippen LogP contribution in [0.15, 0.2) is 39.4 Å². The van der Waals surface area contributed by atoms with Crippen molar-refractivity contribution in [3.05, 3.63) is 52.3 Å². The zero-order valence-electron chi connectivity index (χ0n) is 12.5. The number of ether oxygens (including phenoxy) is 1. The lowest BCUT2D eigenvalue weighted by atomic mass is 10.3. The quantitative estimate of drug-likeness (QED) is 0.551. The Bertz CT molecular complexity index is 882. The predicted molar refractivity (Wildman–Crippen MR) is 88.6 cm³/mol. The number of aromatic amines is 1. The van der Waals surface area contributed by atoms with Gasteiger partial charge in [-0.2, -0.15) is 0 Å². The van der Waals surface area contributed by atoms with E-state index >= 15 is 0 Å². The number of esters is 1. The van der Waals surface area contributed by atoms with Crippen molar-refractivity contribution in [3.8, 4) is 0 Å². The van der Waals surface area contributed by atoms with Crippen molar-refractivity contribution in [1.82, 2.24) is 15.0 Å². The summed E-state index contributed by atoms with van der Waals surface area (Å²) in [5.74, 6) is 1.46. The number of hydrogen-bond acceptors (Lipinski definition) is 5. The molecule has 0 amide bonds. The summed E-state index contributed by atoms with van der Waals surface area (Å²) in [5.41, 5.74) is 1.35. The molecule has 0 spiro atoms. The summed E-state index contributed by atoms with van der Waals surface area (Å²) in [7, 11) is 0. The number of H-pyrrole nitrogens is 1. The summed E-state index contributed by atoms with van der Waals surface area (Å²) in [6.07, 6.45) is 4.04. The molecule has 3 heterocycles. The Labute approximate surface area is 140 Å². The van der Waals surface area contributed by atoms with Crippen LogP contribution in [-0.2, 0) is 9.53 Å². The summed E-state index contributed by atoms with van der Waals surface area (Å²) < 4.78 is 11.5. The lowest BCUT2D eigenvalue weighted by Gasteiger charge is -2.08. The maximum atomic E-state index is 11.9. The number of halogens is 1. The van der Waals surface area contributed by atoms with E-state index in [-0.39, 0.29) is 0 Å². The first-order valence-corrected chi connectivity index (χ1v) is 7.77. The average Bonchev–Trinajstić information content (AvgIpc) is 3.10. The van der Waals surface area contributed by atoms with E-state index in [4.69, 9.17) is 9.15 Å². The minimum Gasteiger partial charge on any atom is -0.462 e. The summed E-state index contributed by atoms with van der Waals surface area (Å²) in [5, 5.41) is 0. The van der Waals surface area contributed by atoms with Crippen LogP contribution < -0.4 is 0 Å². The summed E-state index contributed by atoms with van der Waals surface area (Å²) in [4.78, 5) is 23.5. The normalized spacial score (nSPS) is 12.8. The summed E-state index contributed by atoms with van der Waals surface area (Å²) >= 11 is 3.35. The van der Waals surface area contributed by atoms with Gasteiger partial charge in [0.2, 0.25) is 0 Å². The molecule has 0 aliphatic heterocycles. The van der Waals surface area contributed by atoms with Crippen LogP contribution in [0.4, 0.5) is 0 Å². The van der Waals surface area contributed by atoms with Gasteiger partial charge >= 0.3 is 5.97 Å². The van der Waals surface area contributed by atoms with E-state index in [0.717, 1.165) is 15.7 Å². The minimum atomic E-state index is -0.515. The number of carbonyl (C=O) groups excluding carboxylic acids is 1. The largest absolute Gasteiger partial charge is 0.462 e. The van der Waals surface area contributed by atoms with E-state index in [2.05, 4.69) is 30.9 Å². The van der Waals surface area contributed by atoms with E-state index in [0.29, 0.717) is 17.2 Å². The molecule has 0 bridgehead atoms. The molecule has 23 heavy (non-hydrogen) atoms. The third kappa shape index (κ3) is 3.68. The lowest BCUT2D eigenvalue weighted by molar-refractivity contribution is -0.142. The number of imidazole rings is 1. The Morgan fingerprint density at radius 3 is 3.04 bits per heavy atom. The minimum absolute atomic E-state index is 0.471. The third-order valence-electron chi connectivity index (χ3n) is 3.15. The van der Waals surface area contributed by atoms with E-state index in [1.165, 1.54) is 6.08 Å². The summed E-state index contributed by atoms with van der Waals surface area (Å²) in [6.45, 7) is 3.58. The molecule has 1 unspecified atom stereocenters. The smallest absolute Gasteiger partial charge is 0.331 e. The number of aromatic nitrogens is 3. The van der Waals surface area contributed by atoms with Crippen molar-refractivity contribution in [2.75, 3.05) is 0 Å². The number of rotatable bonds is 4. The Hall–Kier alpha value is -2.41. The fraction of sp³-hybridized carbons (Fsp3) is 0.188. The molecule has 0 aromatic carbocycles. The van der Waals surface area contributed by atoms with Crippen molar-refractivity contribution >= 4 is 39.1 Å². The highest BCUT2D eigenvalue weighted by Crippen LogP contribution is 2.20. The van der Waals surface area contributed by atoms with Crippen LogP contribution >= 0.6 is 15.9 Å². The molecule has 0 aliphatic rings. The molecule has 3 aromatic rings. The first-order chi connectivity index (χ1) is 11.0. The first kappa shape index (κ1) is 15.5. The van der Waals surface area contributed by atoms with E-state index < -0.39 is 12.1 Å². The Morgan fingerprint density at radius 2 is 2.30 bits per heavy atom. The van der Waals surface area contributed by atoms with Gasteiger partial charge in [-0.15, -0.1) is 0 Å². The monoisotopic (exact) mass is 375 g/mol. The molecular weight excluding hydrogens is 362 g/mol. The van der Waals surface area contributed by atoms with Crippen LogP contribution in [0.2, 0.25) is 0 Å². The third-order valence-corrected chi connectivity index (χ3v) is 3.58. The molecule has 1 N–H and O–H groups in total. The molecule has 0 saturated heterocycles. The van der Waals surface area contributed by atoms with Gasteiger partial charge in [0.25, 0.3) is 0 Å². The zero-order chi connectivity index (χ0) is 16.4. The van der Waals surface area contributed by atoms with Crippen LogP contribution in [0.1, 0.15) is 30.4 Å². The number of fused-ring (bicyclic) bond motifs is 1. The molecule has 1 atom stereocenters. The van der Waals surface area contributed by atoms with Gasteiger partial charge in [-0.05, 0) is 54.1 Å². The van der Waals surface area contributed by atoms with E-state index in [1.807, 2.05) is 19.1 Å². The standard InChI is InChI=1S/C16H14BrN3O3/c1-9-3-4-12(22-9)5-6-14(21)23-10(2)15-19-13-7-11(17)8-18-16(13)20-15/h3-8,10H,1-2H3,(H,18,19,20). The van der Waals surface area contributed by atoms with Gasteiger partial charge in [0.1, 0.15) is 17.3 Å². The van der Waals surface area contributed by atoms with Gasteiger partial charge in [-0.25, -0.2) is 14.8 Å². The first-order valence-electron chi connectivity index (χ1n) is 6.97. The lowest BCUT2D eigenvalue weighted by Crippen LogP contribution is -2.07. The van der Waals surface area contributed by atoms with Gasteiger partial charge in [0.15, 0.2) is 11.8 Å². The van der Waals surface area contributed by atoms with Crippen molar-refractivity contribution in [3.63, 3.8) is 0 Å². The van der Waals surface area contributed by atoms with Crippen molar-refractivity contribution in [2.45, 2.75) is 20.0 Å². The number of pyridine rings is 1. The number of furan rings is 1. The van der Waals surface area contributed by atoms with Crippen LogP contribution in [0.5, 0.6) is 0 Å². The molecule has 0 saturated carbocycles. The highest BCUT2D eigenvalue weighted by atomic mass is 79.9. The number of hydrogen-bond donors (Lipinski definition) is 1. The number of aryl methyl sites for hydroxylation is 1. The van der Waals surface area contributed by atoms with Crippen molar-refractivity contribution in [1.29, 1.82) is 0 Å². The second kappa shape index (κ2) is 6.37. The van der Waals surface area contributed by atoms with Gasteiger partial charge in [-0.3, -0.25) is 0 Å². The SMILES string of the molecule is Cc1ccc(C=CC(=O)OC(C)c2nc3ncc(Br)cc3[nH]2)o1. The van der Waals surface area contributed by atoms with Gasteiger partial charge in [-0.1, -0.05) is 0 Å². The second-order valence-corrected chi connectivity index (χ2v) is 5.92.